The lowest BCUT2D eigenvalue weighted by atomic mass is 9.88. The normalized spacial score (nSPS) is 16.7. The van der Waals surface area contributed by atoms with Gasteiger partial charge in [0.1, 0.15) is 0 Å². The van der Waals surface area contributed by atoms with Crippen LogP contribution in [0.15, 0.2) is 46.9 Å². The number of carbonyl (C=O) groups is 1. The minimum Gasteiger partial charge on any atom is -0.349 e. The Morgan fingerprint density at radius 2 is 1.78 bits per heavy atom. The molecule has 1 aliphatic rings. The molecule has 120 valence electrons. The number of amides is 1. The van der Waals surface area contributed by atoms with Crippen LogP contribution in [-0.2, 0) is 5.41 Å². The highest BCUT2D eigenvalue weighted by molar-refractivity contribution is 9.10. The maximum Gasteiger partial charge on any atom is 0.251 e. The lowest BCUT2D eigenvalue weighted by Crippen LogP contribution is -2.41. The summed E-state index contributed by atoms with van der Waals surface area (Å²) >= 11 is 3.49. The van der Waals surface area contributed by atoms with Gasteiger partial charge in [-0.2, -0.15) is 0 Å². The zero-order valence-electron chi connectivity index (χ0n) is 13.8. The van der Waals surface area contributed by atoms with Crippen LogP contribution < -0.4 is 5.32 Å². The van der Waals surface area contributed by atoms with E-state index in [1.54, 1.807) is 0 Å². The summed E-state index contributed by atoms with van der Waals surface area (Å²) in [4.78, 5) is 12.7. The van der Waals surface area contributed by atoms with Crippen molar-refractivity contribution in [1.29, 1.82) is 0 Å². The molecule has 0 aliphatic heterocycles. The molecule has 0 saturated heterocycles. The van der Waals surface area contributed by atoms with Crippen LogP contribution in [0.1, 0.15) is 46.8 Å². The second-order valence-corrected chi connectivity index (χ2v) is 7.59. The van der Waals surface area contributed by atoms with Gasteiger partial charge in [-0.1, -0.05) is 45.8 Å². The summed E-state index contributed by atoms with van der Waals surface area (Å²) in [5, 5.41) is 3.23. The number of hydrogen-bond acceptors (Lipinski definition) is 1. The van der Waals surface area contributed by atoms with Crippen LogP contribution in [0.4, 0.5) is 0 Å². The minimum atomic E-state index is 0.0297. The SMILES string of the molecule is Cc1ccc(C)c(C(=O)NC(C)C2(c3ccc(Br)cc3)CC2)c1. The predicted molar refractivity (Wildman–Crippen MR) is 97.9 cm³/mol. The van der Waals surface area contributed by atoms with Gasteiger partial charge in [0.25, 0.3) is 5.91 Å². The number of benzene rings is 2. The zero-order valence-corrected chi connectivity index (χ0v) is 15.4. The zero-order chi connectivity index (χ0) is 16.6. The van der Waals surface area contributed by atoms with Crippen LogP contribution >= 0.6 is 15.9 Å². The molecule has 0 bridgehead atoms. The standard InChI is InChI=1S/C20H22BrNO/c1-13-4-5-14(2)18(12-13)19(23)22-15(3)20(10-11-20)16-6-8-17(21)9-7-16/h4-9,12,15H,10-11H2,1-3H3,(H,22,23). The molecule has 1 fully saturated rings. The monoisotopic (exact) mass is 371 g/mol. The first kappa shape index (κ1) is 16.3. The number of hydrogen-bond donors (Lipinski definition) is 1. The smallest absolute Gasteiger partial charge is 0.251 e. The Kier molecular flexibility index (Phi) is 4.33. The van der Waals surface area contributed by atoms with Gasteiger partial charge in [-0.3, -0.25) is 4.79 Å². The van der Waals surface area contributed by atoms with Crippen molar-refractivity contribution < 1.29 is 4.79 Å². The largest absolute Gasteiger partial charge is 0.349 e. The van der Waals surface area contributed by atoms with Gasteiger partial charge in [-0.05, 0) is 62.9 Å². The van der Waals surface area contributed by atoms with E-state index in [1.807, 2.05) is 32.0 Å². The van der Waals surface area contributed by atoms with E-state index in [0.717, 1.165) is 34.0 Å². The first-order valence-corrected chi connectivity index (χ1v) is 8.86. The predicted octanol–water partition coefficient (Wildman–Crippen LogP) is 4.92. The molecule has 1 unspecified atom stereocenters. The van der Waals surface area contributed by atoms with E-state index in [2.05, 4.69) is 52.4 Å². The van der Waals surface area contributed by atoms with Gasteiger partial charge in [-0.25, -0.2) is 0 Å². The Balaban J connectivity index is 1.78. The molecule has 3 heteroatoms. The quantitative estimate of drug-likeness (QED) is 0.811. The molecule has 1 N–H and O–H groups in total. The van der Waals surface area contributed by atoms with Crippen molar-refractivity contribution in [3.05, 3.63) is 69.2 Å². The van der Waals surface area contributed by atoms with E-state index in [9.17, 15) is 4.79 Å². The third-order valence-electron chi connectivity index (χ3n) is 5.02. The van der Waals surface area contributed by atoms with Crippen LogP contribution in [-0.4, -0.2) is 11.9 Å². The van der Waals surface area contributed by atoms with E-state index in [1.165, 1.54) is 5.56 Å². The Morgan fingerprint density at radius 1 is 1.13 bits per heavy atom. The van der Waals surface area contributed by atoms with Crippen molar-refractivity contribution >= 4 is 21.8 Å². The average Bonchev–Trinajstić information content (AvgIpc) is 3.32. The van der Waals surface area contributed by atoms with Gasteiger partial charge in [0.15, 0.2) is 0 Å². The van der Waals surface area contributed by atoms with Crippen LogP contribution in [0.5, 0.6) is 0 Å². The van der Waals surface area contributed by atoms with Crippen molar-refractivity contribution in [2.75, 3.05) is 0 Å². The number of aryl methyl sites for hydroxylation is 2. The molecule has 2 aromatic rings. The molecule has 2 aromatic carbocycles. The third kappa shape index (κ3) is 3.20. The van der Waals surface area contributed by atoms with Crippen molar-refractivity contribution in [2.24, 2.45) is 0 Å². The first-order chi connectivity index (χ1) is 10.9. The van der Waals surface area contributed by atoms with Crippen LogP contribution in [0.3, 0.4) is 0 Å². The van der Waals surface area contributed by atoms with Gasteiger partial charge in [0, 0.05) is 21.5 Å². The van der Waals surface area contributed by atoms with Gasteiger partial charge in [0.05, 0.1) is 0 Å². The summed E-state index contributed by atoms with van der Waals surface area (Å²) in [6.07, 6.45) is 2.26. The van der Waals surface area contributed by atoms with Crippen molar-refractivity contribution in [3.8, 4) is 0 Å². The first-order valence-electron chi connectivity index (χ1n) is 8.06. The maximum atomic E-state index is 12.7. The van der Waals surface area contributed by atoms with E-state index in [-0.39, 0.29) is 17.4 Å². The van der Waals surface area contributed by atoms with E-state index < -0.39 is 0 Å². The maximum absolute atomic E-state index is 12.7. The van der Waals surface area contributed by atoms with Crippen molar-refractivity contribution in [2.45, 2.75) is 45.1 Å². The average molecular weight is 372 g/mol. The Bertz CT molecular complexity index is 732. The molecule has 0 spiro atoms. The number of carbonyl (C=O) groups excluding carboxylic acids is 1. The Morgan fingerprint density at radius 3 is 2.39 bits per heavy atom. The van der Waals surface area contributed by atoms with Crippen molar-refractivity contribution in [1.82, 2.24) is 5.32 Å². The lowest BCUT2D eigenvalue weighted by Gasteiger charge is -2.25. The Labute approximate surface area is 146 Å². The summed E-state index contributed by atoms with van der Waals surface area (Å²) in [5.41, 5.74) is 4.32. The second kappa shape index (κ2) is 6.12. The highest BCUT2D eigenvalue weighted by Gasteiger charge is 2.49. The molecule has 1 saturated carbocycles. The molecule has 0 aromatic heterocycles. The summed E-state index contributed by atoms with van der Waals surface area (Å²) in [6.45, 7) is 6.13. The van der Waals surface area contributed by atoms with Crippen molar-refractivity contribution in [3.63, 3.8) is 0 Å². The molecule has 3 rings (SSSR count). The van der Waals surface area contributed by atoms with E-state index >= 15 is 0 Å². The highest BCUT2D eigenvalue weighted by Crippen LogP contribution is 2.51. The van der Waals surface area contributed by atoms with Crippen LogP contribution in [0.2, 0.25) is 0 Å². The fourth-order valence-electron chi connectivity index (χ4n) is 3.28. The molecule has 1 atom stereocenters. The molecular formula is C20H22BrNO. The molecule has 1 aliphatic carbocycles. The summed E-state index contributed by atoms with van der Waals surface area (Å²) < 4.78 is 1.09. The molecule has 0 radical (unpaired) electrons. The molecule has 1 amide bonds. The minimum absolute atomic E-state index is 0.0297. The van der Waals surface area contributed by atoms with Crippen LogP contribution in [0, 0.1) is 13.8 Å². The van der Waals surface area contributed by atoms with E-state index in [0.29, 0.717) is 0 Å². The van der Waals surface area contributed by atoms with Gasteiger partial charge < -0.3 is 5.32 Å². The highest BCUT2D eigenvalue weighted by atomic mass is 79.9. The summed E-state index contributed by atoms with van der Waals surface area (Å²) in [5.74, 6) is 0.0297. The molecule has 2 nitrogen and oxygen atoms in total. The second-order valence-electron chi connectivity index (χ2n) is 6.68. The van der Waals surface area contributed by atoms with E-state index in [4.69, 9.17) is 0 Å². The molecule has 23 heavy (non-hydrogen) atoms. The molecular weight excluding hydrogens is 350 g/mol. The van der Waals surface area contributed by atoms with Gasteiger partial charge >= 0.3 is 0 Å². The lowest BCUT2D eigenvalue weighted by molar-refractivity contribution is 0.0931. The number of nitrogens with one attached hydrogen (secondary N) is 1. The fraction of sp³-hybridized carbons (Fsp3) is 0.350. The third-order valence-corrected chi connectivity index (χ3v) is 5.55. The fourth-order valence-corrected chi connectivity index (χ4v) is 3.55. The van der Waals surface area contributed by atoms with Gasteiger partial charge in [-0.15, -0.1) is 0 Å². The number of rotatable bonds is 4. The van der Waals surface area contributed by atoms with Crippen LogP contribution in [0.25, 0.3) is 0 Å². The Hall–Kier alpha value is -1.61. The summed E-state index contributed by atoms with van der Waals surface area (Å²) in [6, 6.07) is 14.6. The number of halogens is 1. The molecule has 0 heterocycles. The topological polar surface area (TPSA) is 29.1 Å². The van der Waals surface area contributed by atoms with Gasteiger partial charge in [0.2, 0.25) is 0 Å². The summed E-state index contributed by atoms with van der Waals surface area (Å²) in [7, 11) is 0.